The number of carbonyl (C=O) groups is 4. The van der Waals surface area contributed by atoms with Crippen LogP contribution in [0.5, 0.6) is 0 Å². The average molecular weight is 965 g/mol. The molecule has 5 atom stereocenters. The van der Waals surface area contributed by atoms with Gasteiger partial charge < -0.3 is 36.2 Å². The maximum Gasteiger partial charge on any atom is 0.280 e. The molecule has 17 nitrogen and oxygen atoms in total. The van der Waals surface area contributed by atoms with Crippen molar-refractivity contribution in [2.75, 3.05) is 41.8 Å². The zero-order valence-electron chi connectivity index (χ0n) is 39.4. The standard InChI is InChI=1S/C23H31N5O4S2.C23H33N5O3S/c1-5-14(3)25-18-9-13(2)17(10-24-18)20-19(23(30)28-8-6-7-15(28)4)27-22(33-20)21(29)26-16-11-34(31,32)12-16;1-6-14(3)25-18-10-13(2)17(11-24-18)20-19(23(31)28-9-7-8-16(28)5)27-22(32-20)21(30)26-15(4)12-29/h9-10,14-16H,5-8,11-12H2,1-4H3,(H,24,25)(H,26,29);10-11,14-16,29H,6-9,12H2,1-5H3,(H,24,25)(H,26,30)/t14-,15+;14-,15-,16+/m11/s1. The number of pyridine rings is 2. The van der Waals surface area contributed by atoms with Crippen LogP contribution in [0.15, 0.2) is 24.5 Å². The molecule has 3 fully saturated rings. The Morgan fingerprint density at radius 3 is 1.55 bits per heavy atom. The van der Waals surface area contributed by atoms with Crippen LogP contribution in [0.2, 0.25) is 0 Å². The molecule has 5 N–H and O–H groups in total. The van der Waals surface area contributed by atoms with Crippen LogP contribution in [0.3, 0.4) is 0 Å². The molecule has 358 valence electrons. The first-order chi connectivity index (χ1) is 31.3. The van der Waals surface area contributed by atoms with Gasteiger partial charge in [0, 0.05) is 66.8 Å². The van der Waals surface area contributed by atoms with E-state index >= 15 is 0 Å². The molecule has 3 aliphatic rings. The average Bonchev–Trinajstić information content (AvgIpc) is 4.10. The number of nitrogens with zero attached hydrogens (tertiary/aromatic N) is 6. The fraction of sp³-hybridized carbons (Fsp3) is 0.565. The number of anilines is 2. The number of aliphatic hydroxyl groups excluding tert-OH is 1. The van der Waals surface area contributed by atoms with Crippen LogP contribution in [0, 0.1) is 13.8 Å². The Hall–Kier alpha value is -5.05. The molecule has 0 aromatic carbocycles. The Kier molecular flexibility index (Phi) is 16.6. The van der Waals surface area contributed by atoms with Gasteiger partial charge in [0.1, 0.15) is 23.0 Å². The minimum Gasteiger partial charge on any atom is -0.394 e. The lowest BCUT2D eigenvalue weighted by molar-refractivity contribution is 0.0734. The van der Waals surface area contributed by atoms with Crippen molar-refractivity contribution in [2.45, 2.75) is 137 Å². The summed E-state index contributed by atoms with van der Waals surface area (Å²) in [6, 6.07) is 3.91. The first-order valence-corrected chi connectivity index (χ1v) is 26.3. The van der Waals surface area contributed by atoms with Gasteiger partial charge >= 0.3 is 0 Å². The molecule has 4 aromatic rings. The van der Waals surface area contributed by atoms with Gasteiger partial charge in [0.2, 0.25) is 0 Å². The van der Waals surface area contributed by atoms with E-state index in [9.17, 15) is 32.7 Å². The number of aliphatic hydroxyl groups is 1. The molecule has 7 heterocycles. The summed E-state index contributed by atoms with van der Waals surface area (Å²) < 4.78 is 22.9. The summed E-state index contributed by atoms with van der Waals surface area (Å²) in [4.78, 5) is 75.3. The number of hydrogen-bond donors (Lipinski definition) is 5. The molecule has 4 aromatic heterocycles. The first-order valence-electron chi connectivity index (χ1n) is 22.9. The Morgan fingerprint density at radius 1 is 0.742 bits per heavy atom. The third kappa shape index (κ3) is 11.9. The number of thiazole rings is 2. The van der Waals surface area contributed by atoms with Crippen molar-refractivity contribution in [3.8, 4) is 20.9 Å². The van der Waals surface area contributed by atoms with Gasteiger partial charge in [-0.15, -0.1) is 22.7 Å². The molecule has 7 rings (SSSR count). The lowest BCUT2D eigenvalue weighted by atomic mass is 10.1. The number of rotatable bonds is 15. The van der Waals surface area contributed by atoms with Gasteiger partial charge in [-0.2, -0.15) is 0 Å². The maximum atomic E-state index is 13.5. The maximum absolute atomic E-state index is 13.5. The number of likely N-dealkylation sites (tertiary alicyclic amines) is 2. The Morgan fingerprint density at radius 2 is 1.18 bits per heavy atom. The number of carbonyl (C=O) groups excluding carboxylic acids is 4. The Labute approximate surface area is 395 Å². The number of nitrogens with one attached hydrogen (secondary N) is 4. The van der Waals surface area contributed by atoms with Crippen LogP contribution in [0.25, 0.3) is 20.9 Å². The zero-order chi connectivity index (χ0) is 48.0. The molecule has 0 spiro atoms. The molecule has 0 saturated carbocycles. The monoisotopic (exact) mass is 964 g/mol. The number of aryl methyl sites for hydroxylation is 2. The van der Waals surface area contributed by atoms with Gasteiger partial charge in [-0.1, -0.05) is 13.8 Å². The number of aromatic nitrogens is 4. The number of hydrogen-bond acceptors (Lipinski definition) is 15. The van der Waals surface area contributed by atoms with E-state index in [0.717, 1.165) is 83.8 Å². The zero-order valence-corrected chi connectivity index (χ0v) is 41.8. The van der Waals surface area contributed by atoms with Gasteiger partial charge in [0.05, 0.1) is 33.9 Å². The summed E-state index contributed by atoms with van der Waals surface area (Å²) in [6.07, 6.45) is 9.21. The molecule has 3 saturated heterocycles. The lowest BCUT2D eigenvalue weighted by Gasteiger charge is -2.25. The van der Waals surface area contributed by atoms with Crippen molar-refractivity contribution in [2.24, 2.45) is 0 Å². The highest BCUT2D eigenvalue weighted by Crippen LogP contribution is 2.37. The second-order valence-electron chi connectivity index (χ2n) is 17.9. The van der Waals surface area contributed by atoms with Gasteiger partial charge in [0.15, 0.2) is 19.9 Å². The minimum absolute atomic E-state index is 0.0677. The fourth-order valence-electron chi connectivity index (χ4n) is 7.91. The molecule has 0 unspecified atom stereocenters. The van der Waals surface area contributed by atoms with E-state index in [2.05, 4.69) is 68.9 Å². The quantitative estimate of drug-likeness (QED) is 0.0878. The van der Waals surface area contributed by atoms with Crippen molar-refractivity contribution < 1.29 is 32.7 Å². The molecule has 0 radical (unpaired) electrons. The first kappa shape index (κ1) is 50.4. The summed E-state index contributed by atoms with van der Waals surface area (Å²) in [6.45, 7) is 19.2. The molecule has 0 bridgehead atoms. The Bertz CT molecular complexity index is 2520. The summed E-state index contributed by atoms with van der Waals surface area (Å²) in [5.41, 5.74) is 3.96. The molecule has 0 aliphatic carbocycles. The van der Waals surface area contributed by atoms with Crippen molar-refractivity contribution >= 4 is 67.8 Å². The van der Waals surface area contributed by atoms with Crippen molar-refractivity contribution in [1.29, 1.82) is 0 Å². The van der Waals surface area contributed by atoms with E-state index in [-0.39, 0.29) is 69.5 Å². The molecular formula is C46H64N10O7S3. The van der Waals surface area contributed by atoms with E-state index in [4.69, 9.17) is 0 Å². The third-order valence-corrected chi connectivity index (χ3v) is 16.3. The summed E-state index contributed by atoms with van der Waals surface area (Å²) in [5.74, 6) is 0.196. The highest BCUT2D eigenvalue weighted by atomic mass is 32.2. The SMILES string of the molecule is CC[C@@H](C)Nc1cc(C)c(-c2sc(C(=O)NC3CS(=O)(=O)C3)nc2C(=O)N2CCC[C@@H]2C)cn1.CC[C@@H](C)Nc1cc(C)c(-c2sc(C(=O)N[C@H](C)CO)nc2C(=O)N2CCC[C@@H]2C)cn1. The second kappa shape index (κ2) is 21.7. The number of sulfone groups is 1. The van der Waals surface area contributed by atoms with Crippen LogP contribution >= 0.6 is 22.7 Å². The van der Waals surface area contributed by atoms with Crippen LogP contribution in [0.1, 0.15) is 139 Å². The fourth-order valence-corrected chi connectivity index (χ4v) is 11.3. The van der Waals surface area contributed by atoms with Crippen molar-refractivity contribution in [1.82, 2.24) is 40.4 Å². The van der Waals surface area contributed by atoms with Crippen molar-refractivity contribution in [3.63, 3.8) is 0 Å². The van der Waals surface area contributed by atoms with Crippen LogP contribution in [-0.4, -0.2) is 134 Å². The third-order valence-electron chi connectivity index (χ3n) is 12.3. The smallest absolute Gasteiger partial charge is 0.280 e. The van der Waals surface area contributed by atoms with Gasteiger partial charge in [-0.05, 0) is 110 Å². The highest BCUT2D eigenvalue weighted by Gasteiger charge is 2.37. The topological polar surface area (TPSA) is 229 Å². The van der Waals surface area contributed by atoms with E-state index in [0.29, 0.717) is 28.9 Å². The summed E-state index contributed by atoms with van der Waals surface area (Å²) >= 11 is 2.33. The van der Waals surface area contributed by atoms with Crippen LogP contribution < -0.4 is 21.3 Å². The minimum atomic E-state index is -3.06. The van der Waals surface area contributed by atoms with E-state index in [1.165, 1.54) is 11.3 Å². The van der Waals surface area contributed by atoms with Crippen LogP contribution in [0.4, 0.5) is 11.6 Å². The van der Waals surface area contributed by atoms with E-state index < -0.39 is 33.7 Å². The summed E-state index contributed by atoms with van der Waals surface area (Å²) in [5, 5.41) is 21.8. The molecule has 3 aliphatic heterocycles. The lowest BCUT2D eigenvalue weighted by Crippen LogP contribution is -2.52. The second-order valence-corrected chi connectivity index (χ2v) is 22.0. The number of amides is 4. The normalized spacial score (nSPS) is 19.2. The summed E-state index contributed by atoms with van der Waals surface area (Å²) in [7, 11) is -3.06. The van der Waals surface area contributed by atoms with Crippen molar-refractivity contribution in [3.05, 3.63) is 57.1 Å². The largest absolute Gasteiger partial charge is 0.394 e. The molecule has 4 amide bonds. The molecule has 66 heavy (non-hydrogen) atoms. The van der Waals surface area contributed by atoms with Crippen LogP contribution in [-0.2, 0) is 9.84 Å². The van der Waals surface area contributed by atoms with E-state index in [1.54, 1.807) is 24.2 Å². The predicted molar refractivity (Wildman–Crippen MR) is 260 cm³/mol. The highest BCUT2D eigenvalue weighted by molar-refractivity contribution is 7.92. The van der Waals surface area contributed by atoms with E-state index in [1.807, 2.05) is 44.7 Å². The molecule has 20 heteroatoms. The van der Waals surface area contributed by atoms with Gasteiger partial charge in [-0.3, -0.25) is 19.2 Å². The molecular weight excluding hydrogens is 901 g/mol. The Balaban J connectivity index is 0.000000219. The van der Waals surface area contributed by atoms with Gasteiger partial charge in [0.25, 0.3) is 23.6 Å². The predicted octanol–water partition coefficient (Wildman–Crippen LogP) is 6.33. The van der Waals surface area contributed by atoms with Gasteiger partial charge in [-0.25, -0.2) is 28.4 Å².